The van der Waals surface area contributed by atoms with Crippen LogP contribution in [0, 0.1) is 0 Å². The number of aliphatic hydroxyl groups is 3. The first-order chi connectivity index (χ1) is 3.91. The molecule has 0 aliphatic heterocycles. The molecule has 8 heavy (non-hydrogen) atoms. The summed E-state index contributed by atoms with van der Waals surface area (Å²) in [6.45, 7) is 2.25. The van der Waals surface area contributed by atoms with Gasteiger partial charge in [0.25, 0.3) is 0 Å². The minimum atomic E-state index is 0.319. The van der Waals surface area contributed by atoms with Crippen LogP contribution in [0.3, 0.4) is 0 Å². The van der Waals surface area contributed by atoms with Gasteiger partial charge in [-0.05, 0) is 6.42 Å². The van der Waals surface area contributed by atoms with Crippen molar-refractivity contribution in [3.05, 3.63) is 0 Å². The van der Waals surface area contributed by atoms with Gasteiger partial charge in [-0.2, -0.15) is 0 Å². The molecule has 0 aromatic carbocycles. The second-order valence-electron chi connectivity index (χ2n) is 0.724. The Morgan fingerprint density at radius 1 is 1.00 bits per heavy atom. The third-order valence-corrected chi connectivity index (χ3v) is 0.224. The smallest absolute Gasteiger partial charge is 0.0428 e. The molecule has 0 aromatic rings. The van der Waals surface area contributed by atoms with Crippen molar-refractivity contribution in [1.29, 1.82) is 0 Å². The Hall–Kier alpha value is -0.120. The van der Waals surface area contributed by atoms with Gasteiger partial charge in [-0.1, -0.05) is 6.92 Å². The van der Waals surface area contributed by atoms with E-state index in [9.17, 15) is 0 Å². The van der Waals surface area contributed by atoms with E-state index in [-0.39, 0.29) is 0 Å². The van der Waals surface area contributed by atoms with E-state index in [0.717, 1.165) is 20.6 Å². The van der Waals surface area contributed by atoms with E-state index in [4.69, 9.17) is 15.3 Å². The van der Waals surface area contributed by atoms with Crippen LogP contribution >= 0.6 is 0 Å². The van der Waals surface area contributed by atoms with Gasteiger partial charge in [-0.25, -0.2) is 0 Å². The topological polar surface area (TPSA) is 60.7 Å². The molecule has 3 heteroatoms. The average Bonchev–Trinajstić information content (AvgIpc) is 1.96. The van der Waals surface area contributed by atoms with Gasteiger partial charge in [0.15, 0.2) is 0 Å². The second-order valence-corrected chi connectivity index (χ2v) is 0.724. The summed E-state index contributed by atoms with van der Waals surface area (Å²) in [6.07, 6.45) is 0.875. The lowest BCUT2D eigenvalue weighted by Crippen LogP contribution is -1.69. The summed E-state index contributed by atoms with van der Waals surface area (Å²) >= 11 is 0. The fourth-order valence-corrected chi connectivity index (χ4v) is 0. The molecule has 3 N–H and O–H groups in total. The van der Waals surface area contributed by atoms with Crippen molar-refractivity contribution in [2.75, 3.05) is 20.8 Å². The summed E-state index contributed by atoms with van der Waals surface area (Å²) in [5.41, 5.74) is 0. The van der Waals surface area contributed by atoms with Crippen LogP contribution in [-0.4, -0.2) is 36.1 Å². The molecule has 0 spiro atoms. The molecule has 0 aliphatic rings. The first kappa shape index (κ1) is 15.7. The van der Waals surface area contributed by atoms with Gasteiger partial charge in [-0.3, -0.25) is 0 Å². The number of rotatable bonds is 1. The molecule has 0 bridgehead atoms. The summed E-state index contributed by atoms with van der Waals surface area (Å²) in [7, 11) is 2.00. The molecule has 0 aromatic heterocycles. The van der Waals surface area contributed by atoms with E-state index >= 15 is 0 Å². The van der Waals surface area contributed by atoms with Gasteiger partial charge in [0.2, 0.25) is 0 Å². The van der Waals surface area contributed by atoms with Crippen molar-refractivity contribution in [1.82, 2.24) is 0 Å². The van der Waals surface area contributed by atoms with Crippen molar-refractivity contribution in [2.45, 2.75) is 13.3 Å². The zero-order valence-corrected chi connectivity index (χ0v) is 5.76. The SMILES string of the molecule is CCCO.CO.CO. The fraction of sp³-hybridized carbons (Fsp3) is 1.00. The summed E-state index contributed by atoms with van der Waals surface area (Å²) in [5, 5.41) is 21.9. The van der Waals surface area contributed by atoms with Gasteiger partial charge in [0, 0.05) is 20.8 Å². The number of hydrogen-bond donors (Lipinski definition) is 3. The maximum Gasteiger partial charge on any atom is 0.0428 e. The second kappa shape index (κ2) is 67.3. The molecule has 0 aliphatic carbocycles. The Morgan fingerprint density at radius 2 is 1.12 bits per heavy atom. The summed E-state index contributed by atoms with van der Waals surface area (Å²) in [4.78, 5) is 0. The lowest BCUT2D eigenvalue weighted by Gasteiger charge is -1.69. The molecule has 54 valence electrons. The fourth-order valence-electron chi connectivity index (χ4n) is 0. The van der Waals surface area contributed by atoms with E-state index in [1.165, 1.54) is 0 Å². The molecular formula is C5H16O3. The average molecular weight is 124 g/mol. The molecule has 0 fully saturated rings. The standard InChI is InChI=1S/C3H8O.2CH4O/c1-2-3-4;2*1-2/h4H,2-3H2,1H3;2*2H,1H3. The van der Waals surface area contributed by atoms with Crippen LogP contribution in [-0.2, 0) is 0 Å². The largest absolute Gasteiger partial charge is 0.400 e. The highest BCUT2D eigenvalue weighted by Crippen LogP contribution is 1.61. The van der Waals surface area contributed by atoms with Crippen LogP contribution in [0.4, 0.5) is 0 Å². The van der Waals surface area contributed by atoms with Gasteiger partial charge >= 0.3 is 0 Å². The summed E-state index contributed by atoms with van der Waals surface area (Å²) in [6, 6.07) is 0. The minimum absolute atomic E-state index is 0.319. The number of hydrogen-bond acceptors (Lipinski definition) is 3. The van der Waals surface area contributed by atoms with E-state index in [1.807, 2.05) is 6.92 Å². The minimum Gasteiger partial charge on any atom is -0.400 e. The Bertz CT molecular complexity index is 9.64. The highest BCUT2D eigenvalue weighted by Gasteiger charge is 1.57. The molecule has 0 atom stereocenters. The molecule has 0 saturated carbocycles. The zero-order valence-electron chi connectivity index (χ0n) is 5.76. The highest BCUT2D eigenvalue weighted by atomic mass is 16.3. The molecule has 0 heterocycles. The maximum absolute atomic E-state index is 7.88. The van der Waals surface area contributed by atoms with Crippen LogP contribution in [0.2, 0.25) is 0 Å². The van der Waals surface area contributed by atoms with Crippen LogP contribution < -0.4 is 0 Å². The van der Waals surface area contributed by atoms with Crippen molar-refractivity contribution in [3.63, 3.8) is 0 Å². The molecule has 0 unspecified atom stereocenters. The third kappa shape index (κ3) is 181. The quantitative estimate of drug-likeness (QED) is 0.446. The first-order valence-corrected chi connectivity index (χ1v) is 2.42. The van der Waals surface area contributed by atoms with E-state index in [1.54, 1.807) is 0 Å². The summed E-state index contributed by atoms with van der Waals surface area (Å²) in [5.74, 6) is 0. The highest BCUT2D eigenvalue weighted by molar-refractivity contribution is 4.10. The lowest BCUT2D eigenvalue weighted by atomic mass is 10.5. The maximum atomic E-state index is 7.88. The van der Waals surface area contributed by atoms with Crippen molar-refractivity contribution < 1.29 is 15.3 Å². The number of aliphatic hydroxyl groups excluding tert-OH is 3. The van der Waals surface area contributed by atoms with Gasteiger partial charge in [0.1, 0.15) is 0 Å². The van der Waals surface area contributed by atoms with Crippen LogP contribution in [0.25, 0.3) is 0 Å². The van der Waals surface area contributed by atoms with Crippen LogP contribution in [0.5, 0.6) is 0 Å². The van der Waals surface area contributed by atoms with Crippen molar-refractivity contribution in [3.8, 4) is 0 Å². The lowest BCUT2D eigenvalue weighted by molar-refractivity contribution is 0.295. The zero-order chi connectivity index (χ0) is 7.41. The third-order valence-electron chi connectivity index (χ3n) is 0.224. The van der Waals surface area contributed by atoms with Gasteiger partial charge < -0.3 is 15.3 Å². The van der Waals surface area contributed by atoms with Gasteiger partial charge in [-0.15, -0.1) is 0 Å². The Kier molecular flexibility index (Phi) is 132. The van der Waals surface area contributed by atoms with Crippen LogP contribution in [0.15, 0.2) is 0 Å². The Balaban J connectivity index is -0.0000000542. The van der Waals surface area contributed by atoms with Gasteiger partial charge in [0.05, 0.1) is 0 Å². The molecule has 0 radical (unpaired) electrons. The Morgan fingerprint density at radius 3 is 1.12 bits per heavy atom. The van der Waals surface area contributed by atoms with E-state index in [0.29, 0.717) is 6.61 Å². The normalized spacial score (nSPS) is 5.25. The summed E-state index contributed by atoms with van der Waals surface area (Å²) < 4.78 is 0. The molecule has 0 amide bonds. The van der Waals surface area contributed by atoms with E-state index in [2.05, 4.69) is 0 Å². The van der Waals surface area contributed by atoms with Crippen molar-refractivity contribution >= 4 is 0 Å². The van der Waals surface area contributed by atoms with E-state index < -0.39 is 0 Å². The predicted octanol–water partition coefficient (Wildman–Crippen LogP) is -0.394. The molecular weight excluding hydrogens is 108 g/mol. The monoisotopic (exact) mass is 124 g/mol. The first-order valence-electron chi connectivity index (χ1n) is 2.42. The molecule has 0 saturated heterocycles. The molecule has 3 nitrogen and oxygen atoms in total. The predicted molar refractivity (Wildman–Crippen MR) is 33.7 cm³/mol. The Labute approximate surface area is 50.6 Å². The van der Waals surface area contributed by atoms with Crippen molar-refractivity contribution in [2.24, 2.45) is 0 Å². The molecule has 0 rings (SSSR count). The van der Waals surface area contributed by atoms with Crippen LogP contribution in [0.1, 0.15) is 13.3 Å².